The van der Waals surface area contributed by atoms with Crippen molar-refractivity contribution in [1.82, 2.24) is 29.3 Å². The van der Waals surface area contributed by atoms with Gasteiger partial charge in [0.25, 0.3) is 5.91 Å². The largest absolute Gasteiger partial charge is 0.480 e. The maximum Gasteiger partial charge on any atom is 0.328 e. The standard InChI is InChI=1S/C18H23N7O3/c1-10-6-11(2)24(21-10)9-25-13(4)16(12(3)22-25)20-17(26)15-7-19-23(8-15)14(5)18(27)28/h6-8,14H,9H2,1-5H3,(H,20,26)(H,27,28). The molecule has 3 heterocycles. The van der Waals surface area contributed by atoms with Gasteiger partial charge in [0, 0.05) is 11.9 Å². The third-order valence-corrected chi connectivity index (χ3v) is 4.61. The van der Waals surface area contributed by atoms with Crippen molar-refractivity contribution in [2.75, 3.05) is 5.32 Å². The van der Waals surface area contributed by atoms with E-state index in [0.29, 0.717) is 18.1 Å². The van der Waals surface area contributed by atoms with Crippen LogP contribution < -0.4 is 5.32 Å². The minimum absolute atomic E-state index is 0.276. The number of aryl methyl sites for hydroxylation is 3. The van der Waals surface area contributed by atoms with Gasteiger partial charge >= 0.3 is 5.97 Å². The van der Waals surface area contributed by atoms with Crippen LogP contribution in [-0.2, 0) is 11.5 Å². The number of aromatic nitrogens is 6. The molecule has 0 radical (unpaired) electrons. The molecule has 1 unspecified atom stereocenters. The van der Waals surface area contributed by atoms with E-state index in [4.69, 9.17) is 5.11 Å². The Balaban J connectivity index is 1.79. The van der Waals surface area contributed by atoms with Crippen molar-refractivity contribution in [3.8, 4) is 0 Å². The predicted molar refractivity (Wildman–Crippen MR) is 101 cm³/mol. The smallest absolute Gasteiger partial charge is 0.328 e. The highest BCUT2D eigenvalue weighted by atomic mass is 16.4. The molecule has 3 aromatic heterocycles. The number of nitrogens with zero attached hydrogens (tertiary/aromatic N) is 6. The van der Waals surface area contributed by atoms with Crippen LogP contribution in [0.4, 0.5) is 5.69 Å². The predicted octanol–water partition coefficient (Wildman–Crippen LogP) is 1.91. The summed E-state index contributed by atoms with van der Waals surface area (Å²) in [4.78, 5) is 23.6. The Morgan fingerprint density at radius 2 is 1.89 bits per heavy atom. The van der Waals surface area contributed by atoms with Crippen molar-refractivity contribution < 1.29 is 14.7 Å². The zero-order chi connectivity index (χ0) is 20.6. The highest BCUT2D eigenvalue weighted by Gasteiger charge is 2.19. The van der Waals surface area contributed by atoms with Crippen LogP contribution >= 0.6 is 0 Å². The van der Waals surface area contributed by atoms with Crippen molar-refractivity contribution in [1.29, 1.82) is 0 Å². The SMILES string of the molecule is Cc1cc(C)n(Cn2nc(C)c(NC(=O)c3cnn(C(C)C(=O)O)c3)c2C)n1. The zero-order valence-corrected chi connectivity index (χ0v) is 16.5. The number of carboxylic acid groups (broad SMARTS) is 1. The molecule has 0 bridgehead atoms. The third kappa shape index (κ3) is 3.66. The Morgan fingerprint density at radius 3 is 2.50 bits per heavy atom. The maximum atomic E-state index is 12.6. The van der Waals surface area contributed by atoms with Gasteiger partial charge in [0.1, 0.15) is 12.7 Å². The average molecular weight is 385 g/mol. The van der Waals surface area contributed by atoms with Gasteiger partial charge in [-0.05, 0) is 40.7 Å². The molecule has 0 spiro atoms. The van der Waals surface area contributed by atoms with Crippen LogP contribution in [0.5, 0.6) is 0 Å². The summed E-state index contributed by atoms with van der Waals surface area (Å²) in [6.07, 6.45) is 2.76. The number of carboxylic acids is 1. The fourth-order valence-electron chi connectivity index (χ4n) is 2.93. The zero-order valence-electron chi connectivity index (χ0n) is 16.5. The number of carbonyl (C=O) groups is 2. The van der Waals surface area contributed by atoms with E-state index in [9.17, 15) is 9.59 Å². The lowest BCUT2D eigenvalue weighted by atomic mass is 10.2. The van der Waals surface area contributed by atoms with Gasteiger partial charge in [0.05, 0.1) is 34.5 Å². The van der Waals surface area contributed by atoms with E-state index in [0.717, 1.165) is 17.1 Å². The summed E-state index contributed by atoms with van der Waals surface area (Å²) in [5, 5.41) is 24.8. The number of rotatable bonds is 6. The normalized spacial score (nSPS) is 12.2. The number of nitrogens with one attached hydrogen (secondary N) is 1. The van der Waals surface area contributed by atoms with Gasteiger partial charge in [-0.15, -0.1) is 0 Å². The lowest BCUT2D eigenvalue weighted by Crippen LogP contribution is -2.16. The quantitative estimate of drug-likeness (QED) is 0.669. The van der Waals surface area contributed by atoms with Crippen LogP contribution in [0.2, 0.25) is 0 Å². The van der Waals surface area contributed by atoms with E-state index in [1.165, 1.54) is 24.0 Å². The molecule has 0 aliphatic heterocycles. The minimum Gasteiger partial charge on any atom is -0.480 e. The molecule has 1 atom stereocenters. The summed E-state index contributed by atoms with van der Waals surface area (Å²) in [7, 11) is 0. The van der Waals surface area contributed by atoms with Crippen LogP contribution in [0.1, 0.15) is 46.1 Å². The second kappa shape index (κ2) is 7.29. The molecule has 3 aromatic rings. The molecule has 2 N–H and O–H groups in total. The summed E-state index contributed by atoms with van der Waals surface area (Å²) in [6, 6.07) is 1.14. The van der Waals surface area contributed by atoms with Gasteiger partial charge in [-0.3, -0.25) is 9.48 Å². The highest BCUT2D eigenvalue weighted by Crippen LogP contribution is 2.21. The fourth-order valence-corrected chi connectivity index (χ4v) is 2.93. The molecular weight excluding hydrogens is 362 g/mol. The molecule has 0 aromatic carbocycles. The summed E-state index contributed by atoms with van der Waals surface area (Å²) >= 11 is 0. The Morgan fingerprint density at radius 1 is 1.18 bits per heavy atom. The second-order valence-corrected chi connectivity index (χ2v) is 6.79. The van der Waals surface area contributed by atoms with Crippen LogP contribution in [0.3, 0.4) is 0 Å². The number of hydrogen-bond donors (Lipinski definition) is 2. The Labute approximate surface area is 161 Å². The van der Waals surface area contributed by atoms with Crippen molar-refractivity contribution in [2.24, 2.45) is 0 Å². The van der Waals surface area contributed by atoms with Crippen LogP contribution in [-0.4, -0.2) is 46.3 Å². The van der Waals surface area contributed by atoms with Gasteiger partial charge in [0.2, 0.25) is 0 Å². The van der Waals surface area contributed by atoms with Crippen LogP contribution in [0, 0.1) is 27.7 Å². The lowest BCUT2D eigenvalue weighted by Gasteiger charge is -2.08. The number of amides is 1. The first-order valence-electron chi connectivity index (χ1n) is 8.80. The average Bonchev–Trinajstić information content (AvgIpc) is 3.30. The number of carbonyl (C=O) groups excluding carboxylic acids is 1. The number of aliphatic carboxylic acids is 1. The molecule has 0 saturated heterocycles. The fraction of sp³-hybridized carbons (Fsp3) is 0.389. The van der Waals surface area contributed by atoms with Gasteiger partial charge in [0.15, 0.2) is 0 Å². The Hall–Kier alpha value is -3.43. The number of anilines is 1. The Kier molecular flexibility index (Phi) is 5.04. The molecule has 28 heavy (non-hydrogen) atoms. The summed E-state index contributed by atoms with van der Waals surface area (Å²) in [6.45, 7) is 9.53. The van der Waals surface area contributed by atoms with Gasteiger partial charge in [-0.2, -0.15) is 15.3 Å². The molecule has 1 amide bonds. The lowest BCUT2D eigenvalue weighted by molar-refractivity contribution is -0.140. The van der Waals surface area contributed by atoms with Crippen LogP contribution in [0.15, 0.2) is 18.5 Å². The van der Waals surface area contributed by atoms with E-state index < -0.39 is 12.0 Å². The monoisotopic (exact) mass is 385 g/mol. The van der Waals surface area contributed by atoms with Gasteiger partial charge in [-0.25, -0.2) is 14.2 Å². The molecule has 148 valence electrons. The topological polar surface area (TPSA) is 120 Å². The Bertz CT molecular complexity index is 1040. The van der Waals surface area contributed by atoms with Crippen LogP contribution in [0.25, 0.3) is 0 Å². The first-order chi connectivity index (χ1) is 13.2. The highest BCUT2D eigenvalue weighted by molar-refractivity contribution is 6.04. The van der Waals surface area contributed by atoms with Crippen molar-refractivity contribution in [3.63, 3.8) is 0 Å². The van der Waals surface area contributed by atoms with E-state index in [1.54, 1.807) is 4.68 Å². The molecule has 0 aliphatic carbocycles. The van der Waals surface area contributed by atoms with Crippen molar-refractivity contribution >= 4 is 17.6 Å². The first-order valence-corrected chi connectivity index (χ1v) is 8.80. The summed E-state index contributed by atoms with van der Waals surface area (Å²) in [5.74, 6) is -1.40. The molecular formula is C18H23N7O3. The van der Waals surface area contributed by atoms with Gasteiger partial charge < -0.3 is 10.4 Å². The molecule has 10 heteroatoms. The van der Waals surface area contributed by atoms with Gasteiger partial charge in [-0.1, -0.05) is 0 Å². The summed E-state index contributed by atoms with van der Waals surface area (Å²) in [5.41, 5.74) is 4.32. The minimum atomic E-state index is -1.02. The van der Waals surface area contributed by atoms with Crippen molar-refractivity contribution in [3.05, 3.63) is 46.8 Å². The van der Waals surface area contributed by atoms with E-state index >= 15 is 0 Å². The van der Waals surface area contributed by atoms with E-state index in [-0.39, 0.29) is 11.5 Å². The number of hydrogen-bond acceptors (Lipinski definition) is 5. The molecule has 3 rings (SSSR count). The third-order valence-electron chi connectivity index (χ3n) is 4.61. The maximum absolute atomic E-state index is 12.6. The molecule has 10 nitrogen and oxygen atoms in total. The summed E-state index contributed by atoms with van der Waals surface area (Å²) < 4.78 is 4.86. The second-order valence-electron chi connectivity index (χ2n) is 6.79. The van der Waals surface area contributed by atoms with E-state index in [1.807, 2.05) is 38.4 Å². The van der Waals surface area contributed by atoms with Crippen molar-refractivity contribution in [2.45, 2.75) is 47.3 Å². The molecule has 0 fully saturated rings. The first kappa shape index (κ1) is 19.3. The van der Waals surface area contributed by atoms with E-state index in [2.05, 4.69) is 20.6 Å². The molecule has 0 saturated carbocycles. The molecule has 0 aliphatic rings.